The number of hydrogen-bond acceptors (Lipinski definition) is 3. The number of nitrogens with one attached hydrogen (secondary N) is 1. The minimum atomic E-state index is -0.111. The highest BCUT2D eigenvalue weighted by Crippen LogP contribution is 2.10. The molecule has 2 heterocycles. The summed E-state index contributed by atoms with van der Waals surface area (Å²) in [6, 6.07) is 0.130. The summed E-state index contributed by atoms with van der Waals surface area (Å²) in [6.45, 7) is 3.91. The van der Waals surface area contributed by atoms with Crippen LogP contribution >= 0.6 is 0 Å². The lowest BCUT2D eigenvalue weighted by atomic mass is 10.3. The van der Waals surface area contributed by atoms with Crippen LogP contribution in [0.2, 0.25) is 0 Å². The molecule has 0 aromatic carbocycles. The van der Waals surface area contributed by atoms with Crippen LogP contribution in [-0.2, 0) is 0 Å². The van der Waals surface area contributed by atoms with Gasteiger partial charge in [-0.3, -0.25) is 4.57 Å². The van der Waals surface area contributed by atoms with Crippen molar-refractivity contribution in [2.24, 2.45) is 0 Å². The topological polar surface area (TPSA) is 63.6 Å². The van der Waals surface area contributed by atoms with Crippen LogP contribution in [-0.4, -0.2) is 19.7 Å². The maximum atomic E-state index is 11.4. The number of aromatic nitrogens is 4. The molecule has 2 rings (SSSR count). The van der Waals surface area contributed by atoms with Crippen molar-refractivity contribution in [3.05, 3.63) is 22.9 Å². The molecule has 1 N–H and O–H groups in total. The van der Waals surface area contributed by atoms with Gasteiger partial charge in [0.2, 0.25) is 0 Å². The molecule has 68 valence electrons. The largest absolute Gasteiger partial charge is 0.326 e. The number of fused-ring (bicyclic) bond motifs is 1. The summed E-state index contributed by atoms with van der Waals surface area (Å²) in [7, 11) is 0. The van der Waals surface area contributed by atoms with Crippen LogP contribution in [0.5, 0.6) is 0 Å². The Balaban J connectivity index is 2.87. The van der Waals surface area contributed by atoms with E-state index in [0.29, 0.717) is 0 Å². The van der Waals surface area contributed by atoms with E-state index in [1.54, 1.807) is 17.0 Å². The van der Waals surface area contributed by atoms with Crippen molar-refractivity contribution in [2.75, 3.05) is 0 Å². The van der Waals surface area contributed by atoms with Gasteiger partial charge >= 0.3 is 5.69 Å². The molecule has 0 saturated carbocycles. The van der Waals surface area contributed by atoms with Crippen LogP contribution in [0.25, 0.3) is 11.0 Å². The standard InChI is InChI=1S/C8H10N4O/c1-5(2)12-7-4-10-9-3-6(7)11-8(12)13/h3-5H,1-2H3,(H,11,13). The van der Waals surface area contributed by atoms with Crippen LogP contribution < -0.4 is 5.69 Å². The molecule has 0 aliphatic carbocycles. The van der Waals surface area contributed by atoms with E-state index in [4.69, 9.17) is 0 Å². The molecule has 0 amide bonds. The number of aromatic amines is 1. The Bertz CT molecular complexity index is 482. The molecule has 0 aliphatic rings. The Morgan fingerprint density at radius 3 is 2.77 bits per heavy atom. The Morgan fingerprint density at radius 2 is 2.08 bits per heavy atom. The third-order valence-electron chi connectivity index (χ3n) is 1.95. The Morgan fingerprint density at radius 1 is 1.38 bits per heavy atom. The van der Waals surface area contributed by atoms with E-state index in [1.807, 2.05) is 13.8 Å². The van der Waals surface area contributed by atoms with Gasteiger partial charge in [0.15, 0.2) is 0 Å². The second-order valence-electron chi connectivity index (χ2n) is 3.18. The summed E-state index contributed by atoms with van der Waals surface area (Å²) in [5, 5.41) is 7.43. The van der Waals surface area contributed by atoms with Crippen molar-refractivity contribution >= 4 is 11.0 Å². The van der Waals surface area contributed by atoms with Crippen molar-refractivity contribution in [3.63, 3.8) is 0 Å². The predicted molar refractivity (Wildman–Crippen MR) is 48.5 cm³/mol. The van der Waals surface area contributed by atoms with Crippen molar-refractivity contribution in [1.82, 2.24) is 19.7 Å². The van der Waals surface area contributed by atoms with Gasteiger partial charge in [-0.2, -0.15) is 10.2 Å². The normalized spacial score (nSPS) is 11.3. The first-order valence-electron chi connectivity index (χ1n) is 4.11. The monoisotopic (exact) mass is 178 g/mol. The third-order valence-corrected chi connectivity index (χ3v) is 1.95. The van der Waals surface area contributed by atoms with Gasteiger partial charge in [0.25, 0.3) is 0 Å². The summed E-state index contributed by atoms with van der Waals surface area (Å²) in [6.07, 6.45) is 3.14. The first kappa shape index (κ1) is 7.97. The van der Waals surface area contributed by atoms with Crippen LogP contribution in [0, 0.1) is 0 Å². The molecule has 0 spiro atoms. The van der Waals surface area contributed by atoms with Gasteiger partial charge < -0.3 is 4.98 Å². The molecule has 0 unspecified atom stereocenters. The smallest absolute Gasteiger partial charge is 0.304 e. The van der Waals surface area contributed by atoms with Gasteiger partial charge in [-0.15, -0.1) is 0 Å². The molecule has 0 aliphatic heterocycles. The van der Waals surface area contributed by atoms with Crippen LogP contribution in [0.1, 0.15) is 19.9 Å². The van der Waals surface area contributed by atoms with Crippen molar-refractivity contribution in [2.45, 2.75) is 19.9 Å². The van der Waals surface area contributed by atoms with Gasteiger partial charge in [-0.25, -0.2) is 4.79 Å². The van der Waals surface area contributed by atoms with Crippen molar-refractivity contribution in [3.8, 4) is 0 Å². The maximum Gasteiger partial charge on any atom is 0.326 e. The van der Waals surface area contributed by atoms with E-state index >= 15 is 0 Å². The summed E-state index contributed by atoms with van der Waals surface area (Å²) in [5.41, 5.74) is 1.42. The minimum absolute atomic E-state index is 0.111. The maximum absolute atomic E-state index is 11.4. The molecule has 2 aromatic rings. The molecular formula is C8H10N4O. The van der Waals surface area contributed by atoms with Gasteiger partial charge in [0.05, 0.1) is 23.4 Å². The highest BCUT2D eigenvalue weighted by atomic mass is 16.1. The van der Waals surface area contributed by atoms with Gasteiger partial charge in [0.1, 0.15) is 0 Å². The van der Waals surface area contributed by atoms with E-state index in [1.165, 1.54) is 0 Å². The molecule has 5 heteroatoms. The zero-order valence-electron chi connectivity index (χ0n) is 7.48. The van der Waals surface area contributed by atoms with E-state index in [0.717, 1.165) is 11.0 Å². The quantitative estimate of drug-likeness (QED) is 0.699. The molecular weight excluding hydrogens is 168 g/mol. The molecule has 2 aromatic heterocycles. The first-order chi connectivity index (χ1) is 6.20. The second-order valence-corrected chi connectivity index (χ2v) is 3.18. The molecule has 5 nitrogen and oxygen atoms in total. The van der Waals surface area contributed by atoms with Crippen LogP contribution in [0.4, 0.5) is 0 Å². The van der Waals surface area contributed by atoms with E-state index < -0.39 is 0 Å². The zero-order valence-corrected chi connectivity index (χ0v) is 7.48. The SMILES string of the molecule is CC(C)n1c(=O)[nH]c2cnncc21. The third kappa shape index (κ3) is 1.12. The summed E-state index contributed by atoms with van der Waals surface area (Å²) < 4.78 is 1.66. The van der Waals surface area contributed by atoms with Gasteiger partial charge in [-0.05, 0) is 13.8 Å². The van der Waals surface area contributed by atoms with Crippen LogP contribution in [0.15, 0.2) is 17.2 Å². The second kappa shape index (κ2) is 2.69. The van der Waals surface area contributed by atoms with Gasteiger partial charge in [0, 0.05) is 6.04 Å². The van der Waals surface area contributed by atoms with Crippen molar-refractivity contribution in [1.29, 1.82) is 0 Å². The Kier molecular flexibility index (Phi) is 1.65. The number of imidazole rings is 1. The number of H-pyrrole nitrogens is 1. The highest BCUT2D eigenvalue weighted by Gasteiger charge is 2.08. The molecule has 0 fully saturated rings. The lowest BCUT2D eigenvalue weighted by molar-refractivity contribution is 0.597. The van der Waals surface area contributed by atoms with Crippen molar-refractivity contribution < 1.29 is 0 Å². The fourth-order valence-electron chi connectivity index (χ4n) is 1.40. The Labute approximate surface area is 74.4 Å². The number of rotatable bonds is 1. The zero-order chi connectivity index (χ0) is 9.42. The first-order valence-corrected chi connectivity index (χ1v) is 4.11. The van der Waals surface area contributed by atoms with E-state index in [-0.39, 0.29) is 11.7 Å². The van der Waals surface area contributed by atoms with E-state index in [9.17, 15) is 4.79 Å². The average molecular weight is 178 g/mol. The molecule has 13 heavy (non-hydrogen) atoms. The average Bonchev–Trinajstić information content (AvgIpc) is 2.39. The lowest BCUT2D eigenvalue weighted by Crippen LogP contribution is -2.18. The summed E-state index contributed by atoms with van der Waals surface area (Å²) in [4.78, 5) is 14.1. The number of hydrogen-bond donors (Lipinski definition) is 1. The highest BCUT2D eigenvalue weighted by molar-refractivity contribution is 5.72. The van der Waals surface area contributed by atoms with Crippen LogP contribution in [0.3, 0.4) is 0 Å². The predicted octanol–water partition coefficient (Wildman–Crippen LogP) is 0.700. The fraction of sp³-hybridized carbons (Fsp3) is 0.375. The molecule has 0 bridgehead atoms. The van der Waals surface area contributed by atoms with E-state index in [2.05, 4.69) is 15.2 Å². The Hall–Kier alpha value is -1.65. The molecule has 0 atom stereocenters. The molecule has 0 radical (unpaired) electrons. The number of nitrogens with zero attached hydrogens (tertiary/aromatic N) is 3. The fourth-order valence-corrected chi connectivity index (χ4v) is 1.40. The minimum Gasteiger partial charge on any atom is -0.304 e. The summed E-state index contributed by atoms with van der Waals surface area (Å²) in [5.74, 6) is 0. The molecule has 0 saturated heterocycles. The van der Waals surface area contributed by atoms with Gasteiger partial charge in [-0.1, -0.05) is 0 Å². The lowest BCUT2D eigenvalue weighted by Gasteiger charge is -2.04. The summed E-state index contributed by atoms with van der Waals surface area (Å²) >= 11 is 0.